The first-order valence-electron chi connectivity index (χ1n) is 6.71. The SMILES string of the molecule is CC(=O)Nc1ccc(/C=C/C(=O)c2ccc(C)cc2)cc1. The molecule has 0 spiro atoms. The normalized spacial score (nSPS) is 10.6. The predicted molar refractivity (Wildman–Crippen MR) is 85.3 cm³/mol. The molecular weight excluding hydrogens is 262 g/mol. The Morgan fingerprint density at radius 1 is 0.952 bits per heavy atom. The molecule has 0 radical (unpaired) electrons. The second kappa shape index (κ2) is 6.66. The molecule has 0 fully saturated rings. The molecule has 0 saturated carbocycles. The molecule has 1 amide bonds. The first-order chi connectivity index (χ1) is 10.0. The van der Waals surface area contributed by atoms with Gasteiger partial charge in [-0.05, 0) is 30.7 Å². The van der Waals surface area contributed by atoms with E-state index < -0.39 is 0 Å². The zero-order valence-corrected chi connectivity index (χ0v) is 12.1. The predicted octanol–water partition coefficient (Wildman–Crippen LogP) is 3.85. The number of nitrogens with one attached hydrogen (secondary N) is 1. The maximum absolute atomic E-state index is 12.0. The van der Waals surface area contributed by atoms with Crippen molar-refractivity contribution in [1.29, 1.82) is 0 Å². The second-order valence-corrected chi connectivity index (χ2v) is 4.87. The van der Waals surface area contributed by atoms with Crippen LogP contribution in [0.15, 0.2) is 54.6 Å². The van der Waals surface area contributed by atoms with Crippen LogP contribution in [0.4, 0.5) is 5.69 Å². The number of amides is 1. The van der Waals surface area contributed by atoms with Gasteiger partial charge in [0.15, 0.2) is 5.78 Å². The van der Waals surface area contributed by atoms with Crippen LogP contribution < -0.4 is 5.32 Å². The fourth-order valence-corrected chi connectivity index (χ4v) is 1.87. The number of aryl methyl sites for hydroxylation is 1. The van der Waals surface area contributed by atoms with Crippen LogP contribution in [0.2, 0.25) is 0 Å². The molecule has 0 aliphatic heterocycles. The van der Waals surface area contributed by atoms with Crippen LogP contribution in [-0.2, 0) is 4.79 Å². The summed E-state index contributed by atoms with van der Waals surface area (Å²) in [6.45, 7) is 3.45. The zero-order chi connectivity index (χ0) is 15.2. The van der Waals surface area contributed by atoms with Crippen molar-refractivity contribution in [2.24, 2.45) is 0 Å². The van der Waals surface area contributed by atoms with Crippen LogP contribution in [0.5, 0.6) is 0 Å². The third kappa shape index (κ3) is 4.42. The Kier molecular flexibility index (Phi) is 4.67. The zero-order valence-electron chi connectivity index (χ0n) is 12.1. The van der Waals surface area contributed by atoms with Crippen molar-refractivity contribution in [2.75, 3.05) is 5.32 Å². The van der Waals surface area contributed by atoms with Gasteiger partial charge in [-0.2, -0.15) is 0 Å². The van der Waals surface area contributed by atoms with Gasteiger partial charge >= 0.3 is 0 Å². The van der Waals surface area contributed by atoms with Crippen molar-refractivity contribution in [3.63, 3.8) is 0 Å². The fraction of sp³-hybridized carbons (Fsp3) is 0.111. The minimum absolute atomic E-state index is 0.0269. The molecule has 2 aromatic rings. The summed E-state index contributed by atoms with van der Waals surface area (Å²) < 4.78 is 0. The van der Waals surface area contributed by atoms with E-state index in [9.17, 15) is 9.59 Å². The molecule has 3 heteroatoms. The second-order valence-electron chi connectivity index (χ2n) is 4.87. The molecule has 1 N–H and O–H groups in total. The van der Waals surface area contributed by atoms with Crippen molar-refractivity contribution in [2.45, 2.75) is 13.8 Å². The quantitative estimate of drug-likeness (QED) is 0.682. The number of hydrogen-bond donors (Lipinski definition) is 1. The average Bonchev–Trinajstić information content (AvgIpc) is 2.46. The number of hydrogen-bond acceptors (Lipinski definition) is 2. The highest BCUT2D eigenvalue weighted by Gasteiger charge is 2.00. The number of anilines is 1. The Labute approximate surface area is 124 Å². The van der Waals surface area contributed by atoms with Crippen LogP contribution in [0.25, 0.3) is 6.08 Å². The molecule has 2 rings (SSSR count). The van der Waals surface area contributed by atoms with E-state index in [0.29, 0.717) is 5.56 Å². The first kappa shape index (κ1) is 14.7. The largest absolute Gasteiger partial charge is 0.326 e. The van der Waals surface area contributed by atoms with Crippen LogP contribution in [-0.4, -0.2) is 11.7 Å². The minimum atomic E-state index is -0.104. The van der Waals surface area contributed by atoms with Crippen molar-refractivity contribution >= 4 is 23.5 Å². The average molecular weight is 279 g/mol. The lowest BCUT2D eigenvalue weighted by Gasteiger charge is -2.01. The van der Waals surface area contributed by atoms with E-state index in [1.807, 2.05) is 43.3 Å². The van der Waals surface area contributed by atoms with Crippen molar-refractivity contribution in [3.8, 4) is 0 Å². The smallest absolute Gasteiger partial charge is 0.221 e. The first-order valence-corrected chi connectivity index (χ1v) is 6.71. The van der Waals surface area contributed by atoms with E-state index in [2.05, 4.69) is 5.32 Å². The van der Waals surface area contributed by atoms with Crippen LogP contribution in [0, 0.1) is 6.92 Å². The summed E-state index contributed by atoms with van der Waals surface area (Å²) in [6.07, 6.45) is 3.32. The number of rotatable bonds is 4. The lowest BCUT2D eigenvalue weighted by atomic mass is 10.1. The van der Waals surface area contributed by atoms with Gasteiger partial charge in [-0.15, -0.1) is 0 Å². The lowest BCUT2D eigenvalue weighted by molar-refractivity contribution is -0.114. The van der Waals surface area contributed by atoms with Gasteiger partial charge in [0, 0.05) is 18.2 Å². The Morgan fingerprint density at radius 3 is 2.14 bits per heavy atom. The van der Waals surface area contributed by atoms with Gasteiger partial charge in [-0.3, -0.25) is 9.59 Å². The van der Waals surface area contributed by atoms with E-state index in [1.54, 1.807) is 24.3 Å². The molecule has 2 aromatic carbocycles. The summed E-state index contributed by atoms with van der Waals surface area (Å²) in [6, 6.07) is 14.8. The molecule has 3 nitrogen and oxygen atoms in total. The third-order valence-corrected chi connectivity index (χ3v) is 2.99. The van der Waals surface area contributed by atoms with Crippen LogP contribution in [0.1, 0.15) is 28.4 Å². The van der Waals surface area contributed by atoms with Crippen molar-refractivity contribution < 1.29 is 9.59 Å². The number of benzene rings is 2. The summed E-state index contributed by atoms with van der Waals surface area (Å²) in [5, 5.41) is 2.70. The summed E-state index contributed by atoms with van der Waals surface area (Å²) in [5.74, 6) is -0.131. The van der Waals surface area contributed by atoms with E-state index in [-0.39, 0.29) is 11.7 Å². The molecule has 0 unspecified atom stereocenters. The van der Waals surface area contributed by atoms with Gasteiger partial charge in [-0.1, -0.05) is 48.0 Å². The molecule has 0 heterocycles. The van der Waals surface area contributed by atoms with Crippen molar-refractivity contribution in [1.82, 2.24) is 0 Å². The fourth-order valence-electron chi connectivity index (χ4n) is 1.87. The van der Waals surface area contributed by atoms with Gasteiger partial charge in [-0.25, -0.2) is 0 Å². The topological polar surface area (TPSA) is 46.2 Å². The lowest BCUT2D eigenvalue weighted by Crippen LogP contribution is -2.05. The number of carbonyl (C=O) groups excluding carboxylic acids is 2. The van der Waals surface area contributed by atoms with Gasteiger partial charge in [0.2, 0.25) is 5.91 Å². The van der Waals surface area contributed by atoms with E-state index >= 15 is 0 Å². The Hall–Kier alpha value is -2.68. The highest BCUT2D eigenvalue weighted by molar-refractivity contribution is 6.06. The highest BCUT2D eigenvalue weighted by atomic mass is 16.1. The molecule has 0 bridgehead atoms. The molecule has 0 saturated heterocycles. The monoisotopic (exact) mass is 279 g/mol. The Bertz CT molecular complexity index is 667. The summed E-state index contributed by atoms with van der Waals surface area (Å²) in [7, 11) is 0. The molecule has 0 aromatic heterocycles. The minimum Gasteiger partial charge on any atom is -0.326 e. The van der Waals surface area contributed by atoms with Crippen LogP contribution >= 0.6 is 0 Å². The van der Waals surface area contributed by atoms with E-state index in [1.165, 1.54) is 6.92 Å². The van der Waals surface area contributed by atoms with E-state index in [4.69, 9.17) is 0 Å². The summed E-state index contributed by atoms with van der Waals surface area (Å²) in [4.78, 5) is 22.9. The standard InChI is InChI=1S/C18H17NO2/c1-13-3-8-16(9-4-13)18(21)12-7-15-5-10-17(11-6-15)19-14(2)20/h3-12H,1-2H3,(H,19,20)/b12-7+. The van der Waals surface area contributed by atoms with E-state index in [0.717, 1.165) is 16.8 Å². The molecule has 21 heavy (non-hydrogen) atoms. The van der Waals surface area contributed by atoms with Gasteiger partial charge in [0.05, 0.1) is 0 Å². The van der Waals surface area contributed by atoms with Gasteiger partial charge in [0.25, 0.3) is 0 Å². The van der Waals surface area contributed by atoms with Crippen LogP contribution in [0.3, 0.4) is 0 Å². The summed E-state index contributed by atoms with van der Waals surface area (Å²) in [5.41, 5.74) is 3.45. The number of carbonyl (C=O) groups is 2. The maximum Gasteiger partial charge on any atom is 0.221 e. The molecule has 0 aliphatic carbocycles. The third-order valence-electron chi connectivity index (χ3n) is 2.99. The maximum atomic E-state index is 12.0. The molecular formula is C18H17NO2. The van der Waals surface area contributed by atoms with Gasteiger partial charge < -0.3 is 5.32 Å². The van der Waals surface area contributed by atoms with Crippen molar-refractivity contribution in [3.05, 3.63) is 71.3 Å². The molecule has 0 atom stereocenters. The Balaban J connectivity index is 2.05. The van der Waals surface area contributed by atoms with Gasteiger partial charge in [0.1, 0.15) is 0 Å². The molecule has 0 aliphatic rings. The molecule has 106 valence electrons. The number of allylic oxidation sites excluding steroid dienone is 1. The Morgan fingerprint density at radius 2 is 1.57 bits per heavy atom. The summed E-state index contributed by atoms with van der Waals surface area (Å²) >= 11 is 0. The number of ketones is 1. The highest BCUT2D eigenvalue weighted by Crippen LogP contribution is 2.12.